The highest BCUT2D eigenvalue weighted by molar-refractivity contribution is 5.36. The first-order valence-electron chi connectivity index (χ1n) is 6.89. The average molecular weight is 291 g/mol. The summed E-state index contributed by atoms with van der Waals surface area (Å²) in [6.45, 7) is 6.26. The summed E-state index contributed by atoms with van der Waals surface area (Å²) < 4.78 is 16.4. The van der Waals surface area contributed by atoms with Gasteiger partial charge in [0.05, 0.1) is 25.1 Å². The molecule has 0 aliphatic carbocycles. The van der Waals surface area contributed by atoms with E-state index in [9.17, 15) is 0 Å². The predicted octanol–water partition coefficient (Wildman–Crippen LogP) is 2.96. The minimum absolute atomic E-state index is 0.0528. The number of methoxy groups -OCH3 is 1. The molecule has 0 aromatic carbocycles. The van der Waals surface area contributed by atoms with Crippen molar-refractivity contribution >= 4 is 5.82 Å². The quantitative estimate of drug-likeness (QED) is 0.845. The average Bonchev–Trinajstić information content (AvgIpc) is 2.84. The van der Waals surface area contributed by atoms with Crippen LogP contribution >= 0.6 is 0 Å². The van der Waals surface area contributed by atoms with Gasteiger partial charge in [-0.25, -0.2) is 0 Å². The number of ether oxygens (including phenoxy) is 2. The van der Waals surface area contributed by atoms with Gasteiger partial charge < -0.3 is 19.2 Å². The smallest absolute Gasteiger partial charge is 0.234 e. The molecule has 0 spiro atoms. The molecule has 0 aliphatic rings. The zero-order chi connectivity index (χ0) is 15.2. The largest absolute Gasteiger partial charge is 0.474 e. The summed E-state index contributed by atoms with van der Waals surface area (Å²) >= 11 is 0. The Kier molecular flexibility index (Phi) is 5.16. The van der Waals surface area contributed by atoms with E-state index in [0.717, 1.165) is 11.5 Å². The van der Waals surface area contributed by atoms with Crippen molar-refractivity contribution in [3.63, 3.8) is 0 Å². The molecule has 1 atom stereocenters. The van der Waals surface area contributed by atoms with Crippen LogP contribution in [0.3, 0.4) is 0 Å². The second-order valence-electron chi connectivity index (χ2n) is 5.01. The number of nitrogens with zero attached hydrogens (tertiary/aromatic N) is 2. The van der Waals surface area contributed by atoms with Crippen LogP contribution in [0.1, 0.15) is 31.4 Å². The van der Waals surface area contributed by atoms with Gasteiger partial charge in [-0.1, -0.05) is 0 Å². The van der Waals surface area contributed by atoms with Crippen LogP contribution in [0.4, 0.5) is 5.82 Å². The van der Waals surface area contributed by atoms with Crippen LogP contribution in [-0.4, -0.2) is 29.8 Å². The van der Waals surface area contributed by atoms with Gasteiger partial charge in [0.2, 0.25) is 5.88 Å². The molecule has 1 unspecified atom stereocenters. The SMILES string of the molecule is COCC(Nc1cncc(OC(C)C)n1)c1ccc(C)o1. The first-order chi connectivity index (χ1) is 10.1. The van der Waals surface area contributed by atoms with Crippen LogP contribution in [0.2, 0.25) is 0 Å². The Hall–Kier alpha value is -2.08. The number of anilines is 1. The van der Waals surface area contributed by atoms with Crippen molar-refractivity contribution in [3.8, 4) is 5.88 Å². The second kappa shape index (κ2) is 7.08. The highest BCUT2D eigenvalue weighted by Gasteiger charge is 2.16. The van der Waals surface area contributed by atoms with E-state index >= 15 is 0 Å². The highest BCUT2D eigenvalue weighted by Crippen LogP contribution is 2.21. The lowest BCUT2D eigenvalue weighted by Crippen LogP contribution is -2.17. The molecule has 0 aliphatic heterocycles. The first-order valence-corrected chi connectivity index (χ1v) is 6.89. The first kappa shape index (κ1) is 15.3. The Bertz CT molecular complexity index is 569. The maximum Gasteiger partial charge on any atom is 0.234 e. The molecule has 0 fully saturated rings. The van der Waals surface area contributed by atoms with Crippen LogP contribution in [0.15, 0.2) is 28.9 Å². The van der Waals surface area contributed by atoms with Gasteiger partial charge in [0.25, 0.3) is 0 Å². The summed E-state index contributed by atoms with van der Waals surface area (Å²) in [6.07, 6.45) is 3.29. The van der Waals surface area contributed by atoms with Gasteiger partial charge in [-0.15, -0.1) is 0 Å². The van der Waals surface area contributed by atoms with Crippen LogP contribution in [-0.2, 0) is 4.74 Å². The fourth-order valence-electron chi connectivity index (χ4n) is 1.90. The van der Waals surface area contributed by atoms with Gasteiger partial charge in [0.15, 0.2) is 0 Å². The predicted molar refractivity (Wildman–Crippen MR) is 79.5 cm³/mol. The molecular formula is C15H21N3O3. The van der Waals surface area contributed by atoms with Crippen LogP contribution in [0.5, 0.6) is 5.88 Å². The molecule has 2 rings (SSSR count). The summed E-state index contributed by atoms with van der Waals surface area (Å²) in [6, 6.07) is 3.71. The molecule has 0 saturated carbocycles. The topological polar surface area (TPSA) is 69.4 Å². The molecule has 2 aromatic heterocycles. The Morgan fingerprint density at radius 3 is 2.71 bits per heavy atom. The molecule has 2 heterocycles. The Morgan fingerprint density at radius 2 is 2.10 bits per heavy atom. The van der Waals surface area contributed by atoms with E-state index in [0.29, 0.717) is 18.3 Å². The number of hydrogen-bond acceptors (Lipinski definition) is 6. The van der Waals surface area contributed by atoms with E-state index < -0.39 is 0 Å². The van der Waals surface area contributed by atoms with E-state index in [2.05, 4.69) is 15.3 Å². The summed E-state index contributed by atoms with van der Waals surface area (Å²) in [7, 11) is 1.65. The van der Waals surface area contributed by atoms with Crippen molar-refractivity contribution in [1.29, 1.82) is 0 Å². The summed E-state index contributed by atoms with van der Waals surface area (Å²) in [5.41, 5.74) is 0. The number of aryl methyl sites for hydroxylation is 1. The number of hydrogen-bond donors (Lipinski definition) is 1. The molecule has 0 saturated heterocycles. The zero-order valence-corrected chi connectivity index (χ0v) is 12.8. The Labute approximate surface area is 124 Å². The second-order valence-corrected chi connectivity index (χ2v) is 5.01. The van der Waals surface area contributed by atoms with Crippen molar-refractivity contribution < 1.29 is 13.9 Å². The summed E-state index contributed by atoms with van der Waals surface area (Å²) in [4.78, 5) is 8.50. The normalized spacial score (nSPS) is 12.4. The number of nitrogens with one attached hydrogen (secondary N) is 1. The van der Waals surface area contributed by atoms with Crippen molar-refractivity contribution in [2.24, 2.45) is 0 Å². The third kappa shape index (κ3) is 4.46. The van der Waals surface area contributed by atoms with Gasteiger partial charge in [-0.2, -0.15) is 4.98 Å². The fraction of sp³-hybridized carbons (Fsp3) is 0.467. The molecule has 0 bridgehead atoms. The van der Waals surface area contributed by atoms with E-state index in [1.165, 1.54) is 0 Å². The number of rotatable bonds is 7. The minimum atomic E-state index is -0.132. The lowest BCUT2D eigenvalue weighted by atomic mass is 10.2. The zero-order valence-electron chi connectivity index (χ0n) is 12.8. The molecule has 0 radical (unpaired) electrons. The van der Waals surface area contributed by atoms with Gasteiger partial charge >= 0.3 is 0 Å². The monoisotopic (exact) mass is 291 g/mol. The van der Waals surface area contributed by atoms with Crippen molar-refractivity contribution in [2.45, 2.75) is 32.9 Å². The van der Waals surface area contributed by atoms with E-state index in [-0.39, 0.29) is 12.1 Å². The van der Waals surface area contributed by atoms with Crippen LogP contribution in [0, 0.1) is 6.92 Å². The molecule has 21 heavy (non-hydrogen) atoms. The van der Waals surface area contributed by atoms with Gasteiger partial charge in [0.1, 0.15) is 23.4 Å². The molecule has 6 nitrogen and oxygen atoms in total. The number of furan rings is 1. The van der Waals surface area contributed by atoms with Crippen LogP contribution < -0.4 is 10.1 Å². The van der Waals surface area contributed by atoms with Gasteiger partial charge in [-0.3, -0.25) is 4.98 Å². The van der Waals surface area contributed by atoms with Crippen LogP contribution in [0.25, 0.3) is 0 Å². The van der Waals surface area contributed by atoms with E-state index in [4.69, 9.17) is 13.9 Å². The third-order valence-electron chi connectivity index (χ3n) is 2.73. The lowest BCUT2D eigenvalue weighted by Gasteiger charge is -2.17. The van der Waals surface area contributed by atoms with Gasteiger partial charge in [-0.05, 0) is 32.9 Å². The Balaban J connectivity index is 2.13. The van der Waals surface area contributed by atoms with E-state index in [1.807, 2.05) is 32.9 Å². The van der Waals surface area contributed by atoms with Crippen molar-refractivity contribution in [1.82, 2.24) is 9.97 Å². The van der Waals surface area contributed by atoms with E-state index in [1.54, 1.807) is 19.5 Å². The molecular weight excluding hydrogens is 270 g/mol. The van der Waals surface area contributed by atoms with Crippen molar-refractivity contribution in [2.75, 3.05) is 19.0 Å². The number of aromatic nitrogens is 2. The van der Waals surface area contributed by atoms with Gasteiger partial charge in [0, 0.05) is 7.11 Å². The molecule has 0 amide bonds. The Morgan fingerprint density at radius 1 is 1.29 bits per heavy atom. The minimum Gasteiger partial charge on any atom is -0.474 e. The third-order valence-corrected chi connectivity index (χ3v) is 2.73. The molecule has 114 valence electrons. The molecule has 1 N–H and O–H groups in total. The fourth-order valence-corrected chi connectivity index (χ4v) is 1.90. The maximum atomic E-state index is 5.64. The standard InChI is InChI=1S/C15H21N3O3/c1-10(2)20-15-8-16-7-14(18-15)17-12(9-19-4)13-6-5-11(3)21-13/h5-8,10,12H,9H2,1-4H3,(H,17,18). The maximum absolute atomic E-state index is 5.64. The summed E-state index contributed by atoms with van der Waals surface area (Å²) in [5.74, 6) is 2.76. The summed E-state index contributed by atoms with van der Waals surface area (Å²) in [5, 5.41) is 3.25. The molecule has 6 heteroatoms. The highest BCUT2D eigenvalue weighted by atomic mass is 16.5. The lowest BCUT2D eigenvalue weighted by molar-refractivity contribution is 0.178. The molecule has 2 aromatic rings. The van der Waals surface area contributed by atoms with Crippen molar-refractivity contribution in [3.05, 3.63) is 36.0 Å².